The van der Waals surface area contributed by atoms with Crippen molar-refractivity contribution in [2.45, 2.75) is 33.7 Å². The van der Waals surface area contributed by atoms with E-state index >= 15 is 0 Å². The second kappa shape index (κ2) is 4.28. The van der Waals surface area contributed by atoms with Gasteiger partial charge in [0.1, 0.15) is 6.61 Å². The van der Waals surface area contributed by atoms with Crippen LogP contribution in [0.25, 0.3) is 0 Å². The highest BCUT2D eigenvalue weighted by atomic mass is 16.3. The van der Waals surface area contributed by atoms with E-state index in [4.69, 9.17) is 5.11 Å². The Hall–Kier alpha value is -0.570. The normalized spacial score (nSPS) is 10.0. The molecule has 0 fully saturated rings. The molecule has 0 aromatic rings. The number of carbonyl (C=O) groups excluding carboxylic acids is 1. The Morgan fingerprint density at radius 1 is 1.50 bits per heavy atom. The quantitative estimate of drug-likeness (QED) is 0.568. The summed E-state index contributed by atoms with van der Waals surface area (Å²) in [4.78, 5) is 10.5. The number of aliphatic hydroxyl groups is 1. The Labute approximate surface area is 62.4 Å². The Morgan fingerprint density at radius 2 is 1.90 bits per heavy atom. The molecule has 10 heavy (non-hydrogen) atoms. The highest BCUT2D eigenvalue weighted by molar-refractivity contribution is 5.77. The van der Waals surface area contributed by atoms with Gasteiger partial charge < -0.3 is 10.4 Å². The van der Waals surface area contributed by atoms with E-state index in [1.807, 2.05) is 20.8 Å². The maximum Gasteiger partial charge on any atom is 0.246 e. The van der Waals surface area contributed by atoms with Crippen molar-refractivity contribution in [1.82, 2.24) is 5.32 Å². The number of hydrogen-bond acceptors (Lipinski definition) is 2. The summed E-state index contributed by atoms with van der Waals surface area (Å²) in [6.07, 6.45) is 0. The fraction of sp³-hybridized carbons (Fsp3) is 0.857. The number of nitrogens with one attached hydrogen (secondary N) is 1. The largest absolute Gasteiger partial charge is 0.387 e. The molecule has 0 bridgehead atoms. The molecule has 3 nitrogen and oxygen atoms in total. The first-order valence-corrected chi connectivity index (χ1v) is 2.87. The molecule has 0 aromatic heterocycles. The molecule has 3 heteroatoms. The molecular formula is C7H17NO2. The standard InChI is InChI=1S/C6H13NO2.CH4/c1-6(2,3)7-5(9)4-8;/h8H,4H2,1-3H3,(H,7,9);1H4. The summed E-state index contributed by atoms with van der Waals surface area (Å²) in [5, 5.41) is 10.9. The number of amides is 1. The number of hydrogen-bond donors (Lipinski definition) is 2. The molecule has 0 aliphatic heterocycles. The summed E-state index contributed by atoms with van der Waals surface area (Å²) in [6, 6.07) is 0. The van der Waals surface area contributed by atoms with E-state index in [-0.39, 0.29) is 18.9 Å². The van der Waals surface area contributed by atoms with Crippen molar-refractivity contribution >= 4 is 5.91 Å². The highest BCUT2D eigenvalue weighted by Gasteiger charge is 2.11. The third-order valence-electron chi connectivity index (χ3n) is 0.658. The Bertz CT molecular complexity index is 105. The van der Waals surface area contributed by atoms with Gasteiger partial charge in [0.15, 0.2) is 0 Å². The molecule has 1 amide bonds. The van der Waals surface area contributed by atoms with Crippen molar-refractivity contribution < 1.29 is 9.90 Å². The fourth-order valence-electron chi connectivity index (χ4n) is 0.458. The summed E-state index contributed by atoms with van der Waals surface area (Å²) in [6.45, 7) is 5.15. The van der Waals surface area contributed by atoms with Gasteiger partial charge in [-0.25, -0.2) is 0 Å². The lowest BCUT2D eigenvalue weighted by Crippen LogP contribution is -2.41. The van der Waals surface area contributed by atoms with Gasteiger partial charge in [-0.2, -0.15) is 0 Å². The van der Waals surface area contributed by atoms with E-state index in [2.05, 4.69) is 5.32 Å². The van der Waals surface area contributed by atoms with Crippen LogP contribution in [0.2, 0.25) is 0 Å². The van der Waals surface area contributed by atoms with Crippen molar-refractivity contribution in [3.05, 3.63) is 0 Å². The molecule has 0 saturated carbocycles. The number of rotatable bonds is 1. The first-order valence-electron chi connectivity index (χ1n) is 2.87. The van der Waals surface area contributed by atoms with Crippen LogP contribution in [-0.4, -0.2) is 23.2 Å². The number of aliphatic hydroxyl groups excluding tert-OH is 1. The average molecular weight is 147 g/mol. The Kier molecular flexibility index (Phi) is 5.19. The molecule has 0 aliphatic carbocycles. The van der Waals surface area contributed by atoms with Crippen LogP contribution < -0.4 is 5.32 Å². The molecule has 0 spiro atoms. The summed E-state index contributed by atoms with van der Waals surface area (Å²) < 4.78 is 0. The van der Waals surface area contributed by atoms with Crippen LogP contribution in [0.15, 0.2) is 0 Å². The van der Waals surface area contributed by atoms with Crippen molar-refractivity contribution in [1.29, 1.82) is 0 Å². The van der Waals surface area contributed by atoms with Crippen molar-refractivity contribution in [3.63, 3.8) is 0 Å². The summed E-state index contributed by atoms with van der Waals surface area (Å²) in [5.41, 5.74) is -0.236. The third-order valence-corrected chi connectivity index (χ3v) is 0.658. The van der Waals surface area contributed by atoms with E-state index in [1.54, 1.807) is 0 Å². The molecule has 62 valence electrons. The first kappa shape index (κ1) is 12.1. The molecule has 0 atom stereocenters. The molecule has 0 rings (SSSR count). The Balaban J connectivity index is 0. The van der Waals surface area contributed by atoms with Gasteiger partial charge in [-0.1, -0.05) is 7.43 Å². The minimum atomic E-state index is -0.433. The third kappa shape index (κ3) is 7.43. The van der Waals surface area contributed by atoms with Crippen molar-refractivity contribution in [2.75, 3.05) is 6.61 Å². The second-order valence-electron chi connectivity index (χ2n) is 2.96. The van der Waals surface area contributed by atoms with Crippen LogP contribution in [0.1, 0.15) is 28.2 Å². The molecule has 0 heterocycles. The van der Waals surface area contributed by atoms with Crippen LogP contribution in [-0.2, 0) is 4.79 Å². The topological polar surface area (TPSA) is 49.3 Å². The van der Waals surface area contributed by atoms with Crippen molar-refractivity contribution in [3.8, 4) is 0 Å². The minimum absolute atomic E-state index is 0. The van der Waals surface area contributed by atoms with E-state index in [9.17, 15) is 4.79 Å². The van der Waals surface area contributed by atoms with Gasteiger partial charge in [0.2, 0.25) is 5.91 Å². The maximum atomic E-state index is 10.5. The Morgan fingerprint density at radius 3 is 2.00 bits per heavy atom. The van der Waals surface area contributed by atoms with Gasteiger partial charge >= 0.3 is 0 Å². The molecule has 0 aromatic carbocycles. The average Bonchev–Trinajstić information content (AvgIpc) is 1.62. The van der Waals surface area contributed by atoms with E-state index in [1.165, 1.54) is 0 Å². The van der Waals surface area contributed by atoms with Gasteiger partial charge in [0, 0.05) is 5.54 Å². The predicted octanol–water partition coefficient (Wildman–Crippen LogP) is 0.529. The highest BCUT2D eigenvalue weighted by Crippen LogP contribution is 1.96. The van der Waals surface area contributed by atoms with Crippen LogP contribution in [0.3, 0.4) is 0 Å². The summed E-state index contributed by atoms with van der Waals surface area (Å²) >= 11 is 0. The molecule has 0 unspecified atom stereocenters. The zero-order valence-corrected chi connectivity index (χ0v) is 6.06. The fourth-order valence-corrected chi connectivity index (χ4v) is 0.458. The second-order valence-corrected chi connectivity index (χ2v) is 2.96. The smallest absolute Gasteiger partial charge is 0.246 e. The van der Waals surface area contributed by atoms with E-state index in [0.29, 0.717) is 0 Å². The zero-order valence-electron chi connectivity index (χ0n) is 6.06. The molecule has 0 saturated heterocycles. The van der Waals surface area contributed by atoms with Crippen LogP contribution in [0.4, 0.5) is 0 Å². The van der Waals surface area contributed by atoms with Crippen LogP contribution in [0.5, 0.6) is 0 Å². The molecule has 0 aliphatic rings. The lowest BCUT2D eigenvalue weighted by molar-refractivity contribution is -0.125. The minimum Gasteiger partial charge on any atom is -0.387 e. The van der Waals surface area contributed by atoms with Gasteiger partial charge in [-0.3, -0.25) is 4.79 Å². The van der Waals surface area contributed by atoms with Gasteiger partial charge in [0.25, 0.3) is 0 Å². The number of carbonyl (C=O) groups is 1. The van der Waals surface area contributed by atoms with Crippen molar-refractivity contribution in [2.24, 2.45) is 0 Å². The zero-order chi connectivity index (χ0) is 7.49. The van der Waals surface area contributed by atoms with E-state index in [0.717, 1.165) is 0 Å². The van der Waals surface area contributed by atoms with Crippen LogP contribution >= 0.6 is 0 Å². The summed E-state index contributed by atoms with van der Waals surface area (Å²) in [5.74, 6) is -0.331. The van der Waals surface area contributed by atoms with Gasteiger partial charge in [0.05, 0.1) is 0 Å². The van der Waals surface area contributed by atoms with Gasteiger partial charge in [-0.15, -0.1) is 0 Å². The monoisotopic (exact) mass is 147 g/mol. The van der Waals surface area contributed by atoms with E-state index < -0.39 is 6.61 Å². The SMILES string of the molecule is C.CC(C)(C)NC(=O)CO. The maximum absolute atomic E-state index is 10.5. The molecule has 2 N–H and O–H groups in total. The predicted molar refractivity (Wildman–Crippen MR) is 41.7 cm³/mol. The lowest BCUT2D eigenvalue weighted by atomic mass is 10.1. The molecular weight excluding hydrogens is 130 g/mol. The first-order chi connectivity index (χ1) is 3.95. The van der Waals surface area contributed by atoms with Crippen LogP contribution in [0, 0.1) is 0 Å². The summed E-state index contributed by atoms with van der Waals surface area (Å²) in [7, 11) is 0. The van der Waals surface area contributed by atoms with Gasteiger partial charge in [-0.05, 0) is 20.8 Å². The lowest BCUT2D eigenvalue weighted by Gasteiger charge is -2.19. The molecule has 0 radical (unpaired) electrons.